The van der Waals surface area contributed by atoms with E-state index < -0.39 is 12.0 Å². The Balaban J connectivity index is 1.78. The van der Waals surface area contributed by atoms with Crippen LogP contribution in [0.2, 0.25) is 0 Å². The summed E-state index contributed by atoms with van der Waals surface area (Å²) in [7, 11) is 1.32. The molecule has 1 atom stereocenters. The minimum absolute atomic E-state index is 0.0248. The molecule has 3 rings (SSSR count). The fourth-order valence-electron chi connectivity index (χ4n) is 2.69. The molecule has 1 saturated heterocycles. The number of nitrogens with one attached hydrogen (secondary N) is 1. The number of hydrogen-bond acceptors (Lipinski definition) is 7. The smallest absolute Gasteiger partial charge is 0.307 e. The lowest BCUT2D eigenvalue weighted by atomic mass is 10.1. The third-order valence-electron chi connectivity index (χ3n) is 4.01. The molecule has 8 heteroatoms. The topological polar surface area (TPSA) is 84.7 Å². The maximum Gasteiger partial charge on any atom is 0.307 e. The second kappa shape index (κ2) is 7.14. The third kappa shape index (κ3) is 3.49. The van der Waals surface area contributed by atoms with Crippen molar-refractivity contribution >= 4 is 23.2 Å². The van der Waals surface area contributed by atoms with Crippen LogP contribution in [0.3, 0.4) is 0 Å². The summed E-state index contributed by atoms with van der Waals surface area (Å²) in [5, 5.41) is 4.76. The number of hydrogen-bond donors (Lipinski definition) is 1. The summed E-state index contributed by atoms with van der Waals surface area (Å²) in [5.74, 6) is 0.745. The van der Waals surface area contributed by atoms with Gasteiger partial charge in [0, 0.05) is 19.6 Å². The Labute approximate surface area is 143 Å². The van der Waals surface area contributed by atoms with Crippen molar-refractivity contribution in [2.45, 2.75) is 25.9 Å². The van der Waals surface area contributed by atoms with Crippen molar-refractivity contribution in [3.63, 3.8) is 0 Å². The highest BCUT2D eigenvalue weighted by Crippen LogP contribution is 2.27. The lowest BCUT2D eigenvalue weighted by Gasteiger charge is -2.33. The van der Waals surface area contributed by atoms with Gasteiger partial charge in [-0.2, -0.15) is 0 Å². The van der Waals surface area contributed by atoms with E-state index in [1.165, 1.54) is 7.11 Å². The highest BCUT2D eigenvalue weighted by Gasteiger charge is 2.33. The number of piperazine rings is 1. The first-order valence-corrected chi connectivity index (χ1v) is 8.55. The summed E-state index contributed by atoms with van der Waals surface area (Å²) in [6.45, 7) is 3.51. The zero-order valence-corrected chi connectivity index (χ0v) is 14.4. The average molecular weight is 349 g/mol. The molecule has 2 aromatic rings. The van der Waals surface area contributed by atoms with E-state index in [0.29, 0.717) is 25.5 Å². The Bertz CT molecular complexity index is 726. The summed E-state index contributed by atoms with van der Waals surface area (Å²) in [4.78, 5) is 31.2. The van der Waals surface area contributed by atoms with Crippen LogP contribution < -0.4 is 5.32 Å². The Morgan fingerprint density at radius 3 is 3.12 bits per heavy atom. The molecule has 0 saturated carbocycles. The molecule has 0 bridgehead atoms. The van der Waals surface area contributed by atoms with Crippen molar-refractivity contribution < 1.29 is 18.7 Å². The van der Waals surface area contributed by atoms with Crippen LogP contribution in [-0.2, 0) is 20.9 Å². The van der Waals surface area contributed by atoms with Gasteiger partial charge in [0.1, 0.15) is 11.8 Å². The molecule has 2 aromatic heterocycles. The van der Waals surface area contributed by atoms with Gasteiger partial charge in [-0.25, -0.2) is 4.98 Å². The number of aryl methyl sites for hydroxylation is 1. The van der Waals surface area contributed by atoms with Crippen LogP contribution >= 0.6 is 11.3 Å². The SMILES string of the molecule is COC(=O)C[C@H]1C(=O)NCCN1Cc1nc(-c2cccs2)oc1C. The van der Waals surface area contributed by atoms with Gasteiger partial charge in [-0.05, 0) is 18.4 Å². The molecule has 0 spiro atoms. The number of thiophene rings is 1. The van der Waals surface area contributed by atoms with E-state index >= 15 is 0 Å². The molecule has 0 unspecified atom stereocenters. The fourth-order valence-corrected chi connectivity index (χ4v) is 3.34. The van der Waals surface area contributed by atoms with Crippen LogP contribution in [0.25, 0.3) is 10.8 Å². The van der Waals surface area contributed by atoms with Crippen LogP contribution in [-0.4, -0.2) is 48.0 Å². The van der Waals surface area contributed by atoms with Crippen LogP contribution in [0.5, 0.6) is 0 Å². The molecule has 0 radical (unpaired) electrons. The zero-order chi connectivity index (χ0) is 17.1. The van der Waals surface area contributed by atoms with Gasteiger partial charge >= 0.3 is 5.97 Å². The van der Waals surface area contributed by atoms with Gasteiger partial charge in [0.2, 0.25) is 11.8 Å². The standard InChI is InChI=1S/C16H19N3O4S/c1-10-11(18-16(23-10)13-4-3-7-24-13)9-19-6-5-17-15(21)12(19)8-14(20)22-2/h3-4,7,12H,5-6,8-9H2,1-2H3,(H,17,21)/t12-/m0/s1. The summed E-state index contributed by atoms with van der Waals surface area (Å²) in [6.07, 6.45) is 0.0248. The summed E-state index contributed by atoms with van der Waals surface area (Å²) in [6, 6.07) is 3.35. The third-order valence-corrected chi connectivity index (χ3v) is 4.86. The molecular formula is C16H19N3O4S. The molecule has 0 aliphatic carbocycles. The molecule has 1 aliphatic heterocycles. The Morgan fingerprint density at radius 1 is 1.58 bits per heavy atom. The molecule has 1 amide bonds. The number of methoxy groups -OCH3 is 1. The number of oxazole rings is 1. The number of nitrogens with zero attached hydrogens (tertiary/aromatic N) is 2. The van der Waals surface area contributed by atoms with Crippen molar-refractivity contribution in [2.75, 3.05) is 20.2 Å². The molecule has 24 heavy (non-hydrogen) atoms. The first kappa shape index (κ1) is 16.7. The van der Waals surface area contributed by atoms with Crippen LogP contribution in [0, 0.1) is 6.92 Å². The highest BCUT2D eigenvalue weighted by molar-refractivity contribution is 7.13. The normalized spacial score (nSPS) is 18.4. The monoisotopic (exact) mass is 349 g/mol. The predicted octanol–water partition coefficient (Wildman–Crippen LogP) is 1.58. The van der Waals surface area contributed by atoms with Crippen molar-refractivity contribution in [1.29, 1.82) is 0 Å². The summed E-state index contributed by atoms with van der Waals surface area (Å²) in [5.41, 5.74) is 0.781. The minimum Gasteiger partial charge on any atom is -0.469 e. The molecule has 1 N–H and O–H groups in total. The first-order valence-electron chi connectivity index (χ1n) is 7.67. The zero-order valence-electron chi connectivity index (χ0n) is 13.6. The number of carbonyl (C=O) groups is 2. The molecule has 0 aromatic carbocycles. The van der Waals surface area contributed by atoms with Gasteiger partial charge in [-0.3, -0.25) is 14.5 Å². The molecule has 1 fully saturated rings. The van der Waals surface area contributed by atoms with E-state index in [9.17, 15) is 9.59 Å². The number of rotatable bonds is 5. The number of aromatic nitrogens is 1. The van der Waals surface area contributed by atoms with Crippen molar-refractivity contribution in [2.24, 2.45) is 0 Å². The van der Waals surface area contributed by atoms with Crippen LogP contribution in [0.15, 0.2) is 21.9 Å². The Hall–Kier alpha value is -2.19. The van der Waals surface area contributed by atoms with Crippen molar-refractivity contribution in [1.82, 2.24) is 15.2 Å². The predicted molar refractivity (Wildman–Crippen MR) is 88.4 cm³/mol. The molecule has 128 valence electrons. The van der Waals surface area contributed by atoms with E-state index in [-0.39, 0.29) is 12.3 Å². The fraction of sp³-hybridized carbons (Fsp3) is 0.438. The Morgan fingerprint density at radius 2 is 2.42 bits per heavy atom. The molecule has 3 heterocycles. The average Bonchev–Trinajstić information content (AvgIpc) is 3.21. The number of ether oxygens (including phenoxy) is 1. The van der Waals surface area contributed by atoms with Gasteiger partial charge in [-0.15, -0.1) is 11.3 Å². The lowest BCUT2D eigenvalue weighted by Crippen LogP contribution is -2.55. The number of esters is 1. The molecule has 1 aliphatic rings. The summed E-state index contributed by atoms with van der Waals surface area (Å²) >= 11 is 1.56. The van der Waals surface area contributed by atoms with E-state index in [1.807, 2.05) is 29.3 Å². The molecular weight excluding hydrogens is 330 g/mol. The summed E-state index contributed by atoms with van der Waals surface area (Å²) < 4.78 is 10.4. The quantitative estimate of drug-likeness (QED) is 0.825. The second-order valence-corrected chi connectivity index (χ2v) is 6.50. The van der Waals surface area contributed by atoms with E-state index in [0.717, 1.165) is 16.3 Å². The Kier molecular flexibility index (Phi) is 4.96. The second-order valence-electron chi connectivity index (χ2n) is 5.56. The van der Waals surface area contributed by atoms with Gasteiger partial charge < -0.3 is 14.5 Å². The van der Waals surface area contributed by atoms with E-state index in [1.54, 1.807) is 11.3 Å². The highest BCUT2D eigenvalue weighted by atomic mass is 32.1. The molecule has 7 nitrogen and oxygen atoms in total. The van der Waals surface area contributed by atoms with E-state index in [4.69, 9.17) is 9.15 Å². The van der Waals surface area contributed by atoms with Gasteiger partial charge in [0.25, 0.3) is 0 Å². The van der Waals surface area contributed by atoms with Crippen molar-refractivity contribution in [3.8, 4) is 10.8 Å². The lowest BCUT2D eigenvalue weighted by molar-refractivity contribution is -0.146. The largest absolute Gasteiger partial charge is 0.469 e. The maximum atomic E-state index is 12.1. The first-order chi connectivity index (χ1) is 11.6. The van der Waals surface area contributed by atoms with Gasteiger partial charge in [0.05, 0.1) is 24.1 Å². The van der Waals surface area contributed by atoms with Gasteiger partial charge in [0.15, 0.2) is 0 Å². The van der Waals surface area contributed by atoms with Gasteiger partial charge in [-0.1, -0.05) is 6.07 Å². The van der Waals surface area contributed by atoms with Crippen LogP contribution in [0.1, 0.15) is 17.9 Å². The maximum absolute atomic E-state index is 12.1. The minimum atomic E-state index is -0.549. The van der Waals surface area contributed by atoms with Crippen LogP contribution in [0.4, 0.5) is 0 Å². The number of carbonyl (C=O) groups excluding carboxylic acids is 2. The van der Waals surface area contributed by atoms with E-state index in [2.05, 4.69) is 10.3 Å². The number of amides is 1. The van der Waals surface area contributed by atoms with Crippen molar-refractivity contribution in [3.05, 3.63) is 29.0 Å².